The average molecular weight is 447 g/mol. The van der Waals surface area contributed by atoms with Gasteiger partial charge in [0.15, 0.2) is 0 Å². The number of thioether (sulfide) groups is 1. The lowest BCUT2D eigenvalue weighted by Crippen LogP contribution is -2.14. The molecule has 0 radical (unpaired) electrons. The maximum atomic E-state index is 12.5. The van der Waals surface area contributed by atoms with E-state index >= 15 is 0 Å². The molecule has 29 heavy (non-hydrogen) atoms. The number of aryl methyl sites for hydroxylation is 1. The molecule has 0 aliphatic carbocycles. The Kier molecular flexibility index (Phi) is 6.52. The van der Waals surface area contributed by atoms with E-state index in [-0.39, 0.29) is 10.8 Å². The van der Waals surface area contributed by atoms with E-state index in [0.29, 0.717) is 22.0 Å². The third-order valence-corrected chi connectivity index (χ3v) is 6.60. The summed E-state index contributed by atoms with van der Waals surface area (Å²) in [4.78, 5) is 13.6. The highest BCUT2D eigenvalue weighted by atomic mass is 35.5. The van der Waals surface area contributed by atoms with Gasteiger partial charge in [-0.3, -0.25) is 9.52 Å². The van der Waals surface area contributed by atoms with E-state index in [0.717, 1.165) is 10.5 Å². The van der Waals surface area contributed by atoms with Gasteiger partial charge in [-0.2, -0.15) is 0 Å². The minimum absolute atomic E-state index is 0.184. The molecule has 0 aliphatic heterocycles. The molecule has 0 heterocycles. The average Bonchev–Trinajstić information content (AvgIpc) is 2.70. The van der Waals surface area contributed by atoms with Crippen LogP contribution in [0.2, 0.25) is 5.02 Å². The van der Waals surface area contributed by atoms with Crippen LogP contribution in [0.25, 0.3) is 0 Å². The highest BCUT2D eigenvalue weighted by Gasteiger charge is 2.15. The van der Waals surface area contributed by atoms with Gasteiger partial charge in [-0.15, -0.1) is 11.8 Å². The second-order valence-electron chi connectivity index (χ2n) is 6.30. The summed E-state index contributed by atoms with van der Waals surface area (Å²) in [5.41, 5.74) is 2.28. The lowest BCUT2D eigenvalue weighted by molar-refractivity contribution is 0.102. The molecule has 0 aromatic heterocycles. The summed E-state index contributed by atoms with van der Waals surface area (Å²) in [6.45, 7) is 1.89. The molecule has 3 aromatic rings. The third-order valence-electron chi connectivity index (χ3n) is 4.14. The molecular formula is C21H19ClN2O3S2. The number of sulfonamides is 1. The summed E-state index contributed by atoms with van der Waals surface area (Å²) in [5.74, 6) is -0.334. The molecule has 0 fully saturated rings. The van der Waals surface area contributed by atoms with Crippen molar-refractivity contribution in [1.82, 2.24) is 0 Å². The Morgan fingerprint density at radius 2 is 1.55 bits per heavy atom. The first-order valence-electron chi connectivity index (χ1n) is 8.63. The molecule has 3 rings (SSSR count). The Labute approximate surface area is 179 Å². The minimum atomic E-state index is -3.68. The summed E-state index contributed by atoms with van der Waals surface area (Å²) >= 11 is 7.65. The number of carbonyl (C=O) groups is 1. The summed E-state index contributed by atoms with van der Waals surface area (Å²) in [6, 6.07) is 18.3. The maximum Gasteiger partial charge on any atom is 0.261 e. The Balaban J connectivity index is 1.72. The fourth-order valence-corrected chi connectivity index (χ4v) is 4.26. The Morgan fingerprint density at radius 3 is 2.17 bits per heavy atom. The smallest absolute Gasteiger partial charge is 0.261 e. The zero-order valence-corrected chi connectivity index (χ0v) is 18.2. The number of halogens is 1. The van der Waals surface area contributed by atoms with E-state index in [1.165, 1.54) is 11.8 Å². The third kappa shape index (κ3) is 5.32. The van der Waals surface area contributed by atoms with E-state index in [2.05, 4.69) is 10.0 Å². The zero-order chi connectivity index (χ0) is 21.0. The summed E-state index contributed by atoms with van der Waals surface area (Å²) < 4.78 is 27.4. The molecule has 0 spiro atoms. The second kappa shape index (κ2) is 8.90. The predicted molar refractivity (Wildman–Crippen MR) is 120 cm³/mol. The largest absolute Gasteiger partial charge is 0.322 e. The maximum absolute atomic E-state index is 12.5. The van der Waals surface area contributed by atoms with E-state index in [9.17, 15) is 13.2 Å². The molecule has 0 aliphatic rings. The van der Waals surface area contributed by atoms with Gasteiger partial charge in [-0.1, -0.05) is 29.3 Å². The zero-order valence-electron chi connectivity index (χ0n) is 15.8. The predicted octanol–water partition coefficient (Wildman–Crippen LogP) is 5.42. The van der Waals surface area contributed by atoms with Crippen molar-refractivity contribution in [2.75, 3.05) is 16.3 Å². The number of anilines is 2. The molecule has 3 aromatic carbocycles. The number of carbonyl (C=O) groups excluding carboxylic acids is 1. The van der Waals surface area contributed by atoms with Crippen LogP contribution in [-0.2, 0) is 10.0 Å². The van der Waals surface area contributed by atoms with Crippen LogP contribution < -0.4 is 10.0 Å². The van der Waals surface area contributed by atoms with Crippen molar-refractivity contribution in [1.29, 1.82) is 0 Å². The lowest BCUT2D eigenvalue weighted by Gasteiger charge is -2.11. The molecule has 0 unspecified atom stereocenters. The number of benzene rings is 3. The number of amides is 1. The van der Waals surface area contributed by atoms with Crippen molar-refractivity contribution in [3.05, 3.63) is 82.9 Å². The first kappa shape index (κ1) is 21.2. The first-order valence-corrected chi connectivity index (χ1v) is 11.7. The quantitative estimate of drug-likeness (QED) is 0.495. The van der Waals surface area contributed by atoms with Gasteiger partial charge in [0.25, 0.3) is 15.9 Å². The van der Waals surface area contributed by atoms with Gasteiger partial charge in [0.2, 0.25) is 0 Å². The van der Waals surface area contributed by atoms with Crippen molar-refractivity contribution in [2.24, 2.45) is 0 Å². The Bertz CT molecular complexity index is 1130. The van der Waals surface area contributed by atoms with Crippen LogP contribution >= 0.6 is 23.4 Å². The second-order valence-corrected chi connectivity index (χ2v) is 9.27. The van der Waals surface area contributed by atoms with Crippen molar-refractivity contribution < 1.29 is 13.2 Å². The molecule has 150 valence electrons. The topological polar surface area (TPSA) is 75.3 Å². The van der Waals surface area contributed by atoms with Crippen LogP contribution in [-0.4, -0.2) is 20.6 Å². The highest BCUT2D eigenvalue weighted by Crippen LogP contribution is 2.24. The van der Waals surface area contributed by atoms with Gasteiger partial charge < -0.3 is 5.32 Å². The SMILES string of the molecule is CSc1ccc(Cl)c(C(=O)Nc2ccc(NS(=O)(=O)c3ccc(C)cc3)cc2)c1. The van der Waals surface area contributed by atoms with Gasteiger partial charge in [-0.25, -0.2) is 8.42 Å². The first-order chi connectivity index (χ1) is 13.8. The van der Waals surface area contributed by atoms with Crippen LogP contribution in [0.1, 0.15) is 15.9 Å². The molecule has 8 heteroatoms. The number of nitrogens with one attached hydrogen (secondary N) is 2. The molecule has 0 saturated heterocycles. The van der Waals surface area contributed by atoms with Gasteiger partial charge in [-0.05, 0) is 67.8 Å². The van der Waals surface area contributed by atoms with Crippen molar-refractivity contribution in [2.45, 2.75) is 16.7 Å². The molecule has 2 N–H and O–H groups in total. The number of hydrogen-bond acceptors (Lipinski definition) is 4. The fraction of sp³-hybridized carbons (Fsp3) is 0.0952. The van der Waals surface area contributed by atoms with Crippen LogP contribution in [0.5, 0.6) is 0 Å². The van der Waals surface area contributed by atoms with E-state index in [1.54, 1.807) is 60.7 Å². The highest BCUT2D eigenvalue weighted by molar-refractivity contribution is 7.98. The van der Waals surface area contributed by atoms with Gasteiger partial charge in [0, 0.05) is 16.3 Å². The van der Waals surface area contributed by atoms with E-state index < -0.39 is 10.0 Å². The Morgan fingerprint density at radius 1 is 0.931 bits per heavy atom. The summed E-state index contributed by atoms with van der Waals surface area (Å²) in [6.07, 6.45) is 1.92. The molecule has 1 amide bonds. The summed E-state index contributed by atoms with van der Waals surface area (Å²) in [7, 11) is -3.68. The van der Waals surface area contributed by atoms with Crippen molar-refractivity contribution in [3.63, 3.8) is 0 Å². The molecule has 0 atom stereocenters. The molecule has 0 bridgehead atoms. The van der Waals surface area contributed by atoms with Crippen LogP contribution in [0.4, 0.5) is 11.4 Å². The van der Waals surface area contributed by atoms with Gasteiger partial charge in [0.1, 0.15) is 0 Å². The monoisotopic (exact) mass is 446 g/mol. The molecular weight excluding hydrogens is 428 g/mol. The van der Waals surface area contributed by atoms with E-state index in [1.807, 2.05) is 19.2 Å². The standard InChI is InChI=1S/C21H19ClN2O3S2/c1-14-3-10-18(11-4-14)29(26,27)24-16-7-5-15(6-8-16)23-21(25)19-13-17(28-2)9-12-20(19)22/h3-13,24H,1-2H3,(H,23,25). The van der Waals surface area contributed by atoms with Gasteiger partial charge in [0.05, 0.1) is 15.5 Å². The normalized spacial score (nSPS) is 11.1. The van der Waals surface area contributed by atoms with Gasteiger partial charge >= 0.3 is 0 Å². The molecule has 0 saturated carbocycles. The minimum Gasteiger partial charge on any atom is -0.322 e. The van der Waals surface area contributed by atoms with Crippen LogP contribution in [0, 0.1) is 6.92 Å². The van der Waals surface area contributed by atoms with Crippen molar-refractivity contribution >= 4 is 50.7 Å². The van der Waals surface area contributed by atoms with Crippen molar-refractivity contribution in [3.8, 4) is 0 Å². The van der Waals surface area contributed by atoms with Crippen LogP contribution in [0.15, 0.2) is 76.5 Å². The summed E-state index contributed by atoms with van der Waals surface area (Å²) in [5, 5.41) is 3.13. The molecule has 5 nitrogen and oxygen atoms in total. The lowest BCUT2D eigenvalue weighted by atomic mass is 10.2. The van der Waals surface area contributed by atoms with Crippen LogP contribution in [0.3, 0.4) is 0 Å². The number of hydrogen-bond donors (Lipinski definition) is 2. The van der Waals surface area contributed by atoms with E-state index in [4.69, 9.17) is 11.6 Å². The number of rotatable bonds is 6. The Hall–Kier alpha value is -2.48. The fourth-order valence-electron chi connectivity index (χ4n) is 2.56.